The quantitative estimate of drug-likeness (QED) is 0.492. The molecule has 0 aliphatic carbocycles. The van der Waals surface area contributed by atoms with Crippen molar-refractivity contribution < 1.29 is 27.3 Å². The summed E-state index contributed by atoms with van der Waals surface area (Å²) in [6, 6.07) is 0. The van der Waals surface area contributed by atoms with Crippen molar-refractivity contribution in [1.82, 2.24) is 0 Å². The minimum absolute atomic E-state index is 0. The van der Waals surface area contributed by atoms with Crippen LogP contribution in [0.5, 0.6) is 0 Å². The summed E-state index contributed by atoms with van der Waals surface area (Å²) in [4.78, 5) is 0. The van der Waals surface area contributed by atoms with E-state index < -0.39 is 0 Å². The van der Waals surface area contributed by atoms with E-state index in [0.717, 1.165) is 0 Å². The van der Waals surface area contributed by atoms with Gasteiger partial charge in [0.2, 0.25) is 0 Å². The Morgan fingerprint density at radius 2 is 0.750 bits per heavy atom. The van der Waals surface area contributed by atoms with Crippen LogP contribution in [0.1, 0.15) is 0 Å². The van der Waals surface area contributed by atoms with E-state index in [1.165, 1.54) is 0 Å². The molecule has 20 valence electrons. The average Bonchev–Trinajstić information content (AvgIpc) is 0. The van der Waals surface area contributed by atoms with Gasteiger partial charge in [-0.3, -0.25) is 0 Å². The first-order chi connectivity index (χ1) is 0. The predicted molar refractivity (Wildman–Crippen MR) is 22.1 cm³/mol. The van der Waals surface area contributed by atoms with Gasteiger partial charge in [-0.1, -0.05) is 0 Å². The second-order valence-corrected chi connectivity index (χ2v) is 0. The molecule has 0 atom stereocenters. The molecule has 0 nitrogen and oxygen atoms in total. The first-order valence-electron chi connectivity index (χ1n) is 0. The standard InChI is InChI=1S/Cd.3S/q+2;2*-2;+2. The van der Waals surface area contributed by atoms with E-state index >= 15 is 0 Å². The zero-order valence-corrected chi connectivity index (χ0v) is 8.42. The molecule has 0 aromatic heterocycles. The molecule has 0 aliphatic heterocycles. The van der Waals surface area contributed by atoms with Crippen molar-refractivity contribution in [2.45, 2.75) is 0 Å². The largest absolute Gasteiger partial charge is 2.00 e. The Morgan fingerprint density at radius 3 is 0.750 bits per heavy atom. The van der Waals surface area contributed by atoms with Crippen LogP contribution in [0, 0.1) is 0 Å². The molecule has 0 unspecified atom stereocenters. The van der Waals surface area contributed by atoms with Gasteiger partial charge < -0.3 is 27.0 Å². The molecule has 0 N–H and O–H groups in total. The Labute approximate surface area is 67.2 Å². The predicted octanol–water partition coefficient (Wildman–Crippen LogP) is -0.00970. The van der Waals surface area contributed by atoms with Gasteiger partial charge in [0.15, 0.2) is 0 Å². The summed E-state index contributed by atoms with van der Waals surface area (Å²) in [6.45, 7) is 0. The van der Waals surface area contributed by atoms with Crippen molar-refractivity contribution in [2.24, 2.45) is 0 Å². The molecule has 0 saturated carbocycles. The van der Waals surface area contributed by atoms with Crippen LogP contribution in [0.3, 0.4) is 0 Å². The van der Waals surface area contributed by atoms with Gasteiger partial charge in [0.25, 0.3) is 0 Å². The van der Waals surface area contributed by atoms with E-state index in [1.807, 2.05) is 0 Å². The molecule has 0 amide bonds. The van der Waals surface area contributed by atoms with Crippen molar-refractivity contribution in [3.05, 3.63) is 0 Å². The van der Waals surface area contributed by atoms with Crippen LogP contribution in [0.4, 0.5) is 0 Å². The van der Waals surface area contributed by atoms with E-state index in [9.17, 15) is 0 Å². The van der Waals surface area contributed by atoms with E-state index in [-0.39, 0.29) is 67.8 Å². The third kappa shape index (κ3) is 9.02. The van der Waals surface area contributed by atoms with Gasteiger partial charge in [-0.25, -0.2) is 0 Å². The first-order valence-corrected chi connectivity index (χ1v) is 0. The molecular formula is CdS3. The second kappa shape index (κ2) is 20.2. The van der Waals surface area contributed by atoms with Crippen LogP contribution in [0.25, 0.3) is 0 Å². The minimum Gasteiger partial charge on any atom is -2.00 e. The number of hydrogen-bond donors (Lipinski definition) is 0. The first kappa shape index (κ1) is 38.0. The molecule has 0 bridgehead atoms. The summed E-state index contributed by atoms with van der Waals surface area (Å²) in [7, 11) is 0. The van der Waals surface area contributed by atoms with Gasteiger partial charge in [-0.05, 0) is 0 Å². The van der Waals surface area contributed by atoms with Gasteiger partial charge >= 0.3 is 40.8 Å². The van der Waals surface area contributed by atoms with Gasteiger partial charge in [-0.2, -0.15) is 0 Å². The summed E-state index contributed by atoms with van der Waals surface area (Å²) < 4.78 is 0. The SMILES string of the molecule is [Cd+2].[S+2].[S-2].[S-2]. The van der Waals surface area contributed by atoms with Crippen LogP contribution in [-0.4, -0.2) is 0 Å². The van der Waals surface area contributed by atoms with Crippen LogP contribution in [0.2, 0.25) is 0 Å². The van der Waals surface area contributed by atoms with Gasteiger partial charge in [0.1, 0.15) is 0 Å². The van der Waals surface area contributed by atoms with Crippen molar-refractivity contribution in [2.75, 3.05) is 0 Å². The van der Waals surface area contributed by atoms with Crippen molar-refractivity contribution >= 4 is 40.5 Å². The maximum Gasteiger partial charge on any atom is 2.00 e. The topological polar surface area (TPSA) is 0 Å². The molecule has 0 heterocycles. The van der Waals surface area contributed by atoms with Crippen LogP contribution < -0.4 is 0 Å². The molecule has 0 rings (SSSR count). The fourth-order valence-electron chi connectivity index (χ4n) is 0. The molecular weight excluding hydrogens is 209 g/mol. The smallest absolute Gasteiger partial charge is 2.00 e. The molecule has 0 aliphatic rings. The third-order valence-electron chi connectivity index (χ3n) is 0. The fourth-order valence-corrected chi connectivity index (χ4v) is 0. The Bertz CT molecular complexity index is 3.25. The Hall–Kier alpha value is 1.97. The summed E-state index contributed by atoms with van der Waals surface area (Å²) in [5, 5.41) is 0. The van der Waals surface area contributed by atoms with Crippen LogP contribution >= 0.6 is 0 Å². The average molecular weight is 209 g/mol. The zero-order valence-electron chi connectivity index (χ0n) is 1.93. The molecule has 0 spiro atoms. The summed E-state index contributed by atoms with van der Waals surface area (Å²) in [5.41, 5.74) is 0. The third-order valence-corrected chi connectivity index (χ3v) is 0. The molecule has 0 saturated heterocycles. The molecule has 0 fully saturated rings. The molecule has 0 aromatic carbocycles. The molecule has 4 radical (unpaired) electrons. The summed E-state index contributed by atoms with van der Waals surface area (Å²) in [5.74, 6) is 0. The Morgan fingerprint density at radius 1 is 0.750 bits per heavy atom. The van der Waals surface area contributed by atoms with E-state index in [4.69, 9.17) is 0 Å². The molecule has 4 heteroatoms. The van der Waals surface area contributed by atoms with E-state index in [2.05, 4.69) is 0 Å². The summed E-state index contributed by atoms with van der Waals surface area (Å²) in [6.07, 6.45) is 0. The van der Waals surface area contributed by atoms with Crippen LogP contribution in [-0.2, 0) is 67.8 Å². The maximum atomic E-state index is 0. The minimum atomic E-state index is 0. The van der Waals surface area contributed by atoms with Gasteiger partial charge in [-0.15, -0.1) is 0 Å². The van der Waals surface area contributed by atoms with Crippen molar-refractivity contribution in [1.29, 1.82) is 0 Å². The second-order valence-electron chi connectivity index (χ2n) is 0. The Balaban J connectivity index is 0. The fraction of sp³-hybridized carbons (Fsp3) is 0. The van der Waals surface area contributed by atoms with Gasteiger partial charge in [0.05, 0.1) is 0 Å². The normalized spacial score (nSPS) is 0. The van der Waals surface area contributed by atoms with Crippen molar-refractivity contribution in [3.63, 3.8) is 0 Å². The summed E-state index contributed by atoms with van der Waals surface area (Å²) >= 11 is 0. The Kier molecular flexibility index (Phi) is 191. The van der Waals surface area contributed by atoms with E-state index in [1.54, 1.807) is 0 Å². The number of rotatable bonds is 0. The van der Waals surface area contributed by atoms with Gasteiger partial charge in [0, 0.05) is 0 Å². The van der Waals surface area contributed by atoms with Crippen molar-refractivity contribution in [3.8, 4) is 0 Å². The number of hydrogen-bond acceptors (Lipinski definition) is 0. The van der Waals surface area contributed by atoms with Crippen LogP contribution in [0.15, 0.2) is 0 Å². The van der Waals surface area contributed by atoms with E-state index in [0.29, 0.717) is 0 Å². The maximum absolute atomic E-state index is 0. The molecule has 4 heavy (non-hydrogen) atoms. The monoisotopic (exact) mass is 210 g/mol. The zero-order chi connectivity index (χ0) is 0. The molecule has 0 aromatic rings.